The van der Waals surface area contributed by atoms with Crippen LogP contribution in [-0.2, 0) is 16.0 Å². The molecule has 3 aromatic rings. The summed E-state index contributed by atoms with van der Waals surface area (Å²) < 4.78 is 6.21. The Balaban J connectivity index is 1.26. The molecule has 0 radical (unpaired) electrons. The zero-order chi connectivity index (χ0) is 22.3. The number of aryl methyl sites for hydroxylation is 1. The fourth-order valence-electron chi connectivity index (χ4n) is 3.88. The number of benzene rings is 1. The van der Waals surface area contributed by atoms with Crippen molar-refractivity contribution in [2.24, 2.45) is 0 Å². The van der Waals surface area contributed by atoms with Crippen LogP contribution >= 0.6 is 11.3 Å². The maximum atomic E-state index is 12.8. The molecule has 3 heterocycles. The molecule has 1 aromatic carbocycles. The number of thiazole rings is 1. The number of nitrogens with zero attached hydrogens (tertiary/aromatic N) is 4. The summed E-state index contributed by atoms with van der Waals surface area (Å²) >= 11 is 1.71. The SMILES string of the molecule is CCOC(=O)c1ccc(N2CCCN(C(=O)CCCc3nc4ccccc4s3)CC2)nc1. The second kappa shape index (κ2) is 10.5. The molecular weight excluding hydrogens is 424 g/mol. The van der Waals surface area contributed by atoms with E-state index in [0.29, 0.717) is 25.1 Å². The van der Waals surface area contributed by atoms with Crippen LogP contribution in [0.1, 0.15) is 41.6 Å². The normalized spacial score (nSPS) is 14.4. The van der Waals surface area contributed by atoms with Gasteiger partial charge in [0.15, 0.2) is 0 Å². The van der Waals surface area contributed by atoms with Crippen molar-refractivity contribution in [3.63, 3.8) is 0 Å². The number of para-hydroxylation sites is 1. The first kappa shape index (κ1) is 22.2. The Labute approximate surface area is 192 Å². The predicted molar refractivity (Wildman–Crippen MR) is 126 cm³/mol. The van der Waals surface area contributed by atoms with E-state index in [-0.39, 0.29) is 11.9 Å². The van der Waals surface area contributed by atoms with Gasteiger partial charge in [0.25, 0.3) is 0 Å². The lowest BCUT2D eigenvalue weighted by atomic mass is 10.2. The van der Waals surface area contributed by atoms with Crippen molar-refractivity contribution in [1.29, 1.82) is 0 Å². The number of aromatic nitrogens is 2. The molecule has 168 valence electrons. The Morgan fingerprint density at radius 2 is 1.97 bits per heavy atom. The second-order valence-corrected chi connectivity index (χ2v) is 8.89. The van der Waals surface area contributed by atoms with Crippen LogP contribution in [0, 0.1) is 0 Å². The minimum absolute atomic E-state index is 0.207. The summed E-state index contributed by atoms with van der Waals surface area (Å²) in [6.07, 6.45) is 4.65. The van der Waals surface area contributed by atoms with E-state index in [2.05, 4.69) is 20.9 Å². The zero-order valence-electron chi connectivity index (χ0n) is 18.3. The van der Waals surface area contributed by atoms with Crippen LogP contribution in [-0.4, -0.2) is 59.5 Å². The highest BCUT2D eigenvalue weighted by atomic mass is 32.1. The topological polar surface area (TPSA) is 75.6 Å². The van der Waals surface area contributed by atoms with Gasteiger partial charge in [-0.3, -0.25) is 4.79 Å². The third-order valence-corrected chi connectivity index (χ3v) is 6.65. The number of anilines is 1. The third-order valence-electron chi connectivity index (χ3n) is 5.55. The van der Waals surface area contributed by atoms with Gasteiger partial charge in [-0.1, -0.05) is 12.1 Å². The number of amides is 1. The maximum absolute atomic E-state index is 12.8. The second-order valence-electron chi connectivity index (χ2n) is 7.78. The van der Waals surface area contributed by atoms with Gasteiger partial charge in [-0.2, -0.15) is 0 Å². The van der Waals surface area contributed by atoms with E-state index < -0.39 is 0 Å². The molecular formula is C24H28N4O3S. The molecule has 1 amide bonds. The molecule has 8 heteroatoms. The van der Waals surface area contributed by atoms with Crippen LogP contribution in [0.2, 0.25) is 0 Å². The van der Waals surface area contributed by atoms with Crippen molar-refractivity contribution >= 4 is 39.2 Å². The number of pyridine rings is 1. The summed E-state index contributed by atoms with van der Waals surface area (Å²) in [7, 11) is 0. The molecule has 1 aliphatic rings. The van der Waals surface area contributed by atoms with Crippen molar-refractivity contribution in [3.05, 3.63) is 53.2 Å². The van der Waals surface area contributed by atoms with Crippen LogP contribution in [0.15, 0.2) is 42.6 Å². The van der Waals surface area contributed by atoms with E-state index in [0.717, 1.165) is 55.2 Å². The molecule has 0 saturated carbocycles. The van der Waals surface area contributed by atoms with Crippen LogP contribution in [0.25, 0.3) is 10.2 Å². The van der Waals surface area contributed by atoms with E-state index >= 15 is 0 Å². The number of hydrogen-bond donors (Lipinski definition) is 0. The summed E-state index contributed by atoms with van der Waals surface area (Å²) in [6, 6.07) is 11.7. The van der Waals surface area contributed by atoms with Crippen molar-refractivity contribution < 1.29 is 14.3 Å². The highest BCUT2D eigenvalue weighted by molar-refractivity contribution is 7.18. The molecule has 0 unspecified atom stereocenters. The molecule has 0 aliphatic carbocycles. The Hall–Kier alpha value is -3.00. The van der Waals surface area contributed by atoms with Gasteiger partial charge in [0.05, 0.1) is 27.4 Å². The summed E-state index contributed by atoms with van der Waals surface area (Å²) in [5.74, 6) is 0.673. The van der Waals surface area contributed by atoms with Crippen LogP contribution in [0.4, 0.5) is 5.82 Å². The van der Waals surface area contributed by atoms with Gasteiger partial charge in [0.1, 0.15) is 5.82 Å². The molecule has 0 bridgehead atoms. The highest BCUT2D eigenvalue weighted by Gasteiger charge is 2.20. The lowest BCUT2D eigenvalue weighted by Gasteiger charge is -2.23. The smallest absolute Gasteiger partial charge is 0.339 e. The van der Waals surface area contributed by atoms with Gasteiger partial charge < -0.3 is 14.5 Å². The minimum Gasteiger partial charge on any atom is -0.462 e. The summed E-state index contributed by atoms with van der Waals surface area (Å²) in [5, 5.41) is 1.10. The molecule has 32 heavy (non-hydrogen) atoms. The number of carbonyl (C=O) groups excluding carboxylic acids is 2. The molecule has 0 spiro atoms. The monoisotopic (exact) mass is 452 g/mol. The summed E-state index contributed by atoms with van der Waals surface area (Å²) in [4.78, 5) is 37.8. The standard InChI is InChI=1S/C24H28N4O3S/c1-2-31-24(30)18-11-12-21(25-17-18)27-13-6-14-28(16-15-27)23(29)10-5-9-22-26-19-7-3-4-8-20(19)32-22/h3-4,7-8,11-12,17H,2,5-6,9-10,13-16H2,1H3. The Kier molecular flexibility index (Phi) is 7.32. The Morgan fingerprint density at radius 1 is 1.09 bits per heavy atom. The number of esters is 1. The maximum Gasteiger partial charge on any atom is 0.339 e. The third kappa shape index (κ3) is 5.43. The number of carbonyl (C=O) groups is 2. The van der Waals surface area contributed by atoms with E-state index in [1.165, 1.54) is 4.70 Å². The van der Waals surface area contributed by atoms with Gasteiger partial charge in [-0.15, -0.1) is 11.3 Å². The van der Waals surface area contributed by atoms with Gasteiger partial charge in [0.2, 0.25) is 5.91 Å². The Morgan fingerprint density at radius 3 is 2.75 bits per heavy atom. The molecule has 0 N–H and O–H groups in total. The first-order valence-corrected chi connectivity index (χ1v) is 12.0. The van der Waals surface area contributed by atoms with E-state index in [9.17, 15) is 9.59 Å². The van der Waals surface area contributed by atoms with Crippen LogP contribution < -0.4 is 4.90 Å². The van der Waals surface area contributed by atoms with Gasteiger partial charge >= 0.3 is 5.97 Å². The zero-order valence-corrected chi connectivity index (χ0v) is 19.1. The van der Waals surface area contributed by atoms with Crippen LogP contribution in [0.5, 0.6) is 0 Å². The average molecular weight is 453 g/mol. The number of hydrogen-bond acceptors (Lipinski definition) is 7. The molecule has 4 rings (SSSR count). The summed E-state index contributed by atoms with van der Waals surface area (Å²) in [5.41, 5.74) is 1.49. The van der Waals surface area contributed by atoms with Crippen LogP contribution in [0.3, 0.4) is 0 Å². The predicted octanol–water partition coefficient (Wildman–Crippen LogP) is 3.93. The van der Waals surface area contributed by atoms with Gasteiger partial charge in [-0.25, -0.2) is 14.8 Å². The van der Waals surface area contributed by atoms with Crippen molar-refractivity contribution in [2.45, 2.75) is 32.6 Å². The average Bonchev–Trinajstić information content (AvgIpc) is 3.06. The molecule has 1 saturated heterocycles. The summed E-state index contributed by atoms with van der Waals surface area (Å²) in [6.45, 7) is 5.14. The Bertz CT molecular complexity index is 1030. The van der Waals surface area contributed by atoms with Gasteiger partial charge in [0, 0.05) is 38.8 Å². The molecule has 0 atom stereocenters. The lowest BCUT2D eigenvalue weighted by Crippen LogP contribution is -2.35. The van der Waals surface area contributed by atoms with E-state index in [1.54, 1.807) is 30.5 Å². The minimum atomic E-state index is -0.356. The quantitative estimate of drug-likeness (QED) is 0.506. The van der Waals surface area contributed by atoms with E-state index in [1.807, 2.05) is 29.2 Å². The number of ether oxygens (including phenoxy) is 1. The van der Waals surface area contributed by atoms with Crippen molar-refractivity contribution in [3.8, 4) is 0 Å². The van der Waals surface area contributed by atoms with Crippen molar-refractivity contribution in [1.82, 2.24) is 14.9 Å². The largest absolute Gasteiger partial charge is 0.462 e. The molecule has 2 aromatic heterocycles. The lowest BCUT2D eigenvalue weighted by molar-refractivity contribution is -0.131. The molecule has 7 nitrogen and oxygen atoms in total. The first-order chi connectivity index (χ1) is 15.6. The fraction of sp³-hybridized carbons (Fsp3) is 0.417. The van der Waals surface area contributed by atoms with Crippen molar-refractivity contribution in [2.75, 3.05) is 37.7 Å². The highest BCUT2D eigenvalue weighted by Crippen LogP contribution is 2.23. The van der Waals surface area contributed by atoms with Gasteiger partial charge in [-0.05, 0) is 50.5 Å². The number of rotatable bonds is 7. The fourth-order valence-corrected chi connectivity index (χ4v) is 4.89. The number of fused-ring (bicyclic) bond motifs is 1. The first-order valence-electron chi connectivity index (χ1n) is 11.1. The van der Waals surface area contributed by atoms with E-state index in [4.69, 9.17) is 4.74 Å². The molecule has 1 aliphatic heterocycles. The molecule has 1 fully saturated rings.